The van der Waals surface area contributed by atoms with Gasteiger partial charge in [-0.05, 0) is 36.8 Å². The summed E-state index contributed by atoms with van der Waals surface area (Å²) in [4.78, 5) is 11.8. The molecule has 1 heterocycles. The molecule has 104 valence electrons. The molecule has 3 heteroatoms. The van der Waals surface area contributed by atoms with Crippen molar-refractivity contribution in [2.24, 2.45) is 5.41 Å². The predicted molar refractivity (Wildman–Crippen MR) is 73.9 cm³/mol. The lowest BCUT2D eigenvalue weighted by Gasteiger charge is -2.27. The number of cyclic esters (lactones) is 1. The molecule has 1 N–H and O–H groups in total. The molecule has 1 aliphatic heterocycles. The maximum atomic E-state index is 11.8. The standard InChI is InChI=1S/C16H22O3/c1-11(2)13-7-5-4-6-12(13)10-14(17)16(3)8-9-19-15(16)18/h4-7,11,14,17H,8-10H2,1-3H3. The van der Waals surface area contributed by atoms with Gasteiger partial charge in [0.1, 0.15) is 0 Å². The molecule has 2 atom stereocenters. The van der Waals surface area contributed by atoms with Gasteiger partial charge in [-0.1, -0.05) is 38.1 Å². The average molecular weight is 262 g/mol. The van der Waals surface area contributed by atoms with Crippen LogP contribution in [0.25, 0.3) is 0 Å². The number of aliphatic hydroxyl groups excluding tert-OH is 1. The number of hydrogen-bond acceptors (Lipinski definition) is 3. The minimum Gasteiger partial charge on any atom is -0.465 e. The largest absolute Gasteiger partial charge is 0.465 e. The second kappa shape index (κ2) is 5.33. The molecule has 19 heavy (non-hydrogen) atoms. The van der Waals surface area contributed by atoms with Crippen molar-refractivity contribution < 1.29 is 14.6 Å². The van der Waals surface area contributed by atoms with Crippen molar-refractivity contribution in [3.63, 3.8) is 0 Å². The van der Waals surface area contributed by atoms with Crippen molar-refractivity contribution in [1.29, 1.82) is 0 Å². The Morgan fingerprint density at radius 1 is 1.37 bits per heavy atom. The molecule has 1 aromatic rings. The molecule has 2 rings (SSSR count). The fraction of sp³-hybridized carbons (Fsp3) is 0.562. The second-order valence-electron chi connectivity index (χ2n) is 5.88. The Morgan fingerprint density at radius 3 is 2.63 bits per heavy atom. The monoisotopic (exact) mass is 262 g/mol. The van der Waals surface area contributed by atoms with Crippen LogP contribution in [0.15, 0.2) is 24.3 Å². The van der Waals surface area contributed by atoms with Crippen molar-refractivity contribution in [3.8, 4) is 0 Å². The third-order valence-electron chi connectivity index (χ3n) is 4.15. The van der Waals surface area contributed by atoms with Gasteiger partial charge in [0.15, 0.2) is 0 Å². The smallest absolute Gasteiger partial charge is 0.314 e. The number of rotatable bonds is 4. The first-order valence-electron chi connectivity index (χ1n) is 6.88. The molecular weight excluding hydrogens is 240 g/mol. The first kappa shape index (κ1) is 14.1. The highest BCUT2D eigenvalue weighted by atomic mass is 16.5. The Balaban J connectivity index is 2.19. The van der Waals surface area contributed by atoms with Gasteiger partial charge in [0.25, 0.3) is 0 Å². The van der Waals surface area contributed by atoms with Crippen LogP contribution >= 0.6 is 0 Å². The van der Waals surface area contributed by atoms with Gasteiger partial charge in [0, 0.05) is 0 Å². The number of esters is 1. The summed E-state index contributed by atoms with van der Waals surface area (Å²) in [7, 11) is 0. The lowest BCUT2D eigenvalue weighted by molar-refractivity contribution is -0.150. The molecule has 0 amide bonds. The van der Waals surface area contributed by atoms with E-state index in [1.807, 2.05) is 18.2 Å². The first-order valence-corrected chi connectivity index (χ1v) is 6.88. The van der Waals surface area contributed by atoms with Crippen molar-refractivity contribution in [2.75, 3.05) is 6.61 Å². The molecule has 2 unspecified atom stereocenters. The predicted octanol–water partition coefficient (Wildman–Crippen LogP) is 2.67. The van der Waals surface area contributed by atoms with Gasteiger partial charge in [-0.2, -0.15) is 0 Å². The van der Waals surface area contributed by atoms with E-state index in [4.69, 9.17) is 4.74 Å². The number of ether oxygens (including phenoxy) is 1. The van der Waals surface area contributed by atoms with Gasteiger partial charge in [-0.15, -0.1) is 0 Å². The van der Waals surface area contributed by atoms with Crippen molar-refractivity contribution in [2.45, 2.75) is 45.6 Å². The zero-order chi connectivity index (χ0) is 14.0. The molecule has 0 aliphatic carbocycles. The van der Waals surface area contributed by atoms with E-state index in [0.29, 0.717) is 25.4 Å². The van der Waals surface area contributed by atoms with Crippen LogP contribution in [0.1, 0.15) is 44.2 Å². The van der Waals surface area contributed by atoms with Gasteiger partial charge in [0.2, 0.25) is 0 Å². The van der Waals surface area contributed by atoms with Crippen LogP contribution in [0.3, 0.4) is 0 Å². The summed E-state index contributed by atoms with van der Waals surface area (Å²) in [5.74, 6) is 0.133. The molecule has 0 saturated carbocycles. The Kier molecular flexibility index (Phi) is 3.95. The van der Waals surface area contributed by atoms with Crippen LogP contribution in [-0.4, -0.2) is 23.8 Å². The first-order chi connectivity index (χ1) is 8.95. The molecular formula is C16H22O3. The fourth-order valence-electron chi connectivity index (χ4n) is 2.64. The molecule has 1 aliphatic rings. The van der Waals surface area contributed by atoms with Gasteiger partial charge in [-0.25, -0.2) is 0 Å². The van der Waals surface area contributed by atoms with Crippen molar-refractivity contribution in [1.82, 2.24) is 0 Å². The van der Waals surface area contributed by atoms with Gasteiger partial charge in [0.05, 0.1) is 18.1 Å². The highest BCUT2D eigenvalue weighted by Crippen LogP contribution is 2.35. The maximum absolute atomic E-state index is 11.8. The van der Waals surface area contributed by atoms with Crippen molar-refractivity contribution in [3.05, 3.63) is 35.4 Å². The number of benzene rings is 1. The van der Waals surface area contributed by atoms with Gasteiger partial charge < -0.3 is 9.84 Å². The molecule has 1 aromatic carbocycles. The van der Waals surface area contributed by atoms with E-state index in [-0.39, 0.29) is 5.97 Å². The van der Waals surface area contributed by atoms with Gasteiger partial charge in [-0.3, -0.25) is 4.79 Å². The van der Waals surface area contributed by atoms with E-state index >= 15 is 0 Å². The maximum Gasteiger partial charge on any atom is 0.314 e. The normalized spacial score (nSPS) is 24.6. The third kappa shape index (κ3) is 2.66. The molecule has 0 spiro atoms. The number of carbonyl (C=O) groups is 1. The van der Waals surface area contributed by atoms with Crippen LogP contribution in [0.5, 0.6) is 0 Å². The summed E-state index contributed by atoms with van der Waals surface area (Å²) in [5, 5.41) is 10.4. The quantitative estimate of drug-likeness (QED) is 0.849. The number of carbonyl (C=O) groups excluding carboxylic acids is 1. The van der Waals surface area contributed by atoms with E-state index < -0.39 is 11.5 Å². The molecule has 1 fully saturated rings. The molecule has 3 nitrogen and oxygen atoms in total. The third-order valence-corrected chi connectivity index (χ3v) is 4.15. The fourth-order valence-corrected chi connectivity index (χ4v) is 2.64. The highest BCUT2D eigenvalue weighted by molar-refractivity contribution is 5.79. The summed E-state index contributed by atoms with van der Waals surface area (Å²) in [5.41, 5.74) is 1.59. The lowest BCUT2D eigenvalue weighted by atomic mass is 9.79. The van der Waals surface area contributed by atoms with E-state index in [1.165, 1.54) is 5.56 Å². The average Bonchev–Trinajstić information content (AvgIpc) is 2.71. The van der Waals surface area contributed by atoms with E-state index in [0.717, 1.165) is 5.56 Å². The van der Waals surface area contributed by atoms with Gasteiger partial charge >= 0.3 is 5.97 Å². The zero-order valence-corrected chi connectivity index (χ0v) is 11.8. The minimum atomic E-state index is -0.760. The Labute approximate surface area is 114 Å². The summed E-state index contributed by atoms with van der Waals surface area (Å²) in [6, 6.07) is 8.10. The highest BCUT2D eigenvalue weighted by Gasteiger charge is 2.46. The zero-order valence-electron chi connectivity index (χ0n) is 11.8. The molecule has 1 saturated heterocycles. The summed E-state index contributed by atoms with van der Waals surface area (Å²) < 4.78 is 5.01. The lowest BCUT2D eigenvalue weighted by Crippen LogP contribution is -2.38. The SMILES string of the molecule is CC(C)c1ccccc1CC(O)C1(C)CCOC1=O. The molecule has 0 radical (unpaired) electrons. The van der Waals surface area contributed by atoms with Crippen molar-refractivity contribution >= 4 is 5.97 Å². The second-order valence-corrected chi connectivity index (χ2v) is 5.88. The van der Waals surface area contributed by atoms with Crippen LogP contribution in [0.4, 0.5) is 0 Å². The van der Waals surface area contributed by atoms with E-state index in [2.05, 4.69) is 19.9 Å². The topological polar surface area (TPSA) is 46.5 Å². The van der Waals surface area contributed by atoms with Crippen LogP contribution in [0.2, 0.25) is 0 Å². The van der Waals surface area contributed by atoms with Crippen LogP contribution < -0.4 is 0 Å². The minimum absolute atomic E-state index is 0.276. The number of aliphatic hydroxyl groups is 1. The van der Waals surface area contributed by atoms with E-state index in [9.17, 15) is 9.90 Å². The van der Waals surface area contributed by atoms with Crippen LogP contribution in [-0.2, 0) is 16.0 Å². The Bertz CT molecular complexity index is 467. The summed E-state index contributed by atoms with van der Waals surface area (Å²) in [6.45, 7) is 6.48. The summed E-state index contributed by atoms with van der Waals surface area (Å²) >= 11 is 0. The van der Waals surface area contributed by atoms with Crippen LogP contribution in [0, 0.1) is 5.41 Å². The summed E-state index contributed by atoms with van der Waals surface area (Å²) in [6.07, 6.45) is 0.402. The Hall–Kier alpha value is -1.35. The Morgan fingerprint density at radius 2 is 2.05 bits per heavy atom. The molecule has 0 bridgehead atoms. The molecule has 0 aromatic heterocycles. The van der Waals surface area contributed by atoms with E-state index in [1.54, 1.807) is 6.92 Å². The number of hydrogen-bond donors (Lipinski definition) is 1.